The molecule has 0 aliphatic carbocycles. The van der Waals surface area contributed by atoms with E-state index in [2.05, 4.69) is 9.83 Å². The molecule has 0 aliphatic heterocycles. The summed E-state index contributed by atoms with van der Waals surface area (Å²) in [5.41, 5.74) is 0.384. The number of aromatic nitrogens is 1. The van der Waals surface area contributed by atoms with E-state index in [9.17, 15) is 5.26 Å². The van der Waals surface area contributed by atoms with Gasteiger partial charge in [-0.15, -0.1) is 0 Å². The standard InChI is InChI=1S/C14H2Cl7N3/c1-23-13-8(16)5(3-22)4(7(15)11(13)19)2-6-9(17)10(18)12(20)14(21)24-6/h2H2. The summed E-state index contributed by atoms with van der Waals surface area (Å²) in [5.74, 6) is 0. The molecule has 0 atom stereocenters. The van der Waals surface area contributed by atoms with Crippen molar-refractivity contribution in [1.82, 2.24) is 4.98 Å². The van der Waals surface area contributed by atoms with E-state index >= 15 is 0 Å². The zero-order valence-electron chi connectivity index (χ0n) is 11.2. The minimum atomic E-state index is -0.102. The van der Waals surface area contributed by atoms with Gasteiger partial charge in [0.25, 0.3) is 0 Å². The Morgan fingerprint density at radius 2 is 1.50 bits per heavy atom. The molecule has 0 saturated heterocycles. The molecule has 1 aromatic carbocycles. The first-order valence-electron chi connectivity index (χ1n) is 5.90. The molecule has 3 nitrogen and oxygen atoms in total. The fourth-order valence-electron chi connectivity index (χ4n) is 1.89. The SMILES string of the molecule is [C-]#[N+]c1c(Cl)c(Cl)c(Cc2nc(Cl)c(Cl)c(Cl)c2Cl)c(C#N)c1Cl. The van der Waals surface area contributed by atoms with E-state index in [0.29, 0.717) is 0 Å². The van der Waals surface area contributed by atoms with E-state index in [0.717, 1.165) is 0 Å². The molecule has 0 saturated carbocycles. The van der Waals surface area contributed by atoms with E-state index < -0.39 is 0 Å². The van der Waals surface area contributed by atoms with Crippen LogP contribution < -0.4 is 0 Å². The Labute approximate surface area is 172 Å². The Morgan fingerprint density at radius 1 is 0.875 bits per heavy atom. The second kappa shape index (κ2) is 7.73. The minimum Gasteiger partial charge on any atom is -0.238 e. The van der Waals surface area contributed by atoms with Gasteiger partial charge in [-0.1, -0.05) is 81.2 Å². The highest BCUT2D eigenvalue weighted by molar-refractivity contribution is 6.51. The lowest BCUT2D eigenvalue weighted by atomic mass is 10.0. The number of rotatable bonds is 2. The number of halogens is 7. The van der Waals surface area contributed by atoms with Gasteiger partial charge in [-0.2, -0.15) is 5.26 Å². The largest absolute Gasteiger partial charge is 0.238 e. The Morgan fingerprint density at radius 3 is 2.04 bits per heavy atom. The second-order valence-corrected chi connectivity index (χ2v) is 6.96. The Kier molecular flexibility index (Phi) is 6.35. The number of benzene rings is 1. The third-order valence-corrected chi connectivity index (χ3v) is 5.98. The molecule has 1 heterocycles. The Hall–Kier alpha value is -0.620. The minimum absolute atomic E-state index is 0.00266. The topological polar surface area (TPSA) is 41.0 Å². The van der Waals surface area contributed by atoms with Gasteiger partial charge in [0.15, 0.2) is 0 Å². The van der Waals surface area contributed by atoms with Crippen LogP contribution in [-0.4, -0.2) is 4.98 Å². The van der Waals surface area contributed by atoms with Crippen LogP contribution in [-0.2, 0) is 6.42 Å². The van der Waals surface area contributed by atoms with Gasteiger partial charge in [-0.05, 0) is 5.56 Å². The molecular formula is C14H2Cl7N3. The van der Waals surface area contributed by atoms with Crippen molar-refractivity contribution >= 4 is 86.9 Å². The van der Waals surface area contributed by atoms with Crippen LogP contribution in [0.1, 0.15) is 16.8 Å². The van der Waals surface area contributed by atoms with Gasteiger partial charge in [0.1, 0.15) is 5.15 Å². The maximum atomic E-state index is 9.37. The van der Waals surface area contributed by atoms with Crippen molar-refractivity contribution in [2.24, 2.45) is 0 Å². The number of pyridine rings is 1. The van der Waals surface area contributed by atoms with E-state index in [4.69, 9.17) is 87.8 Å². The smallest absolute Gasteiger partial charge is 0.226 e. The number of nitriles is 1. The second-order valence-electron chi connectivity index (χ2n) is 4.34. The Bertz CT molecular complexity index is 942. The molecule has 0 fully saturated rings. The maximum Gasteiger partial charge on any atom is 0.226 e. The molecule has 10 heteroatoms. The van der Waals surface area contributed by atoms with Crippen molar-refractivity contribution in [2.45, 2.75) is 6.42 Å². The van der Waals surface area contributed by atoms with Gasteiger partial charge in [-0.3, -0.25) is 0 Å². The normalized spacial score (nSPS) is 10.4. The van der Waals surface area contributed by atoms with Crippen LogP contribution in [0.3, 0.4) is 0 Å². The third-order valence-electron chi connectivity index (χ3n) is 3.02. The lowest BCUT2D eigenvalue weighted by molar-refractivity contribution is 1.07. The van der Waals surface area contributed by atoms with Gasteiger partial charge in [0, 0.05) is 6.42 Å². The van der Waals surface area contributed by atoms with Crippen LogP contribution in [0.5, 0.6) is 0 Å². The fourth-order valence-corrected chi connectivity index (χ4v) is 3.56. The van der Waals surface area contributed by atoms with Crippen molar-refractivity contribution in [2.75, 3.05) is 0 Å². The summed E-state index contributed by atoms with van der Waals surface area (Å²) in [6.07, 6.45) is -0.0328. The molecule has 1 aromatic heterocycles. The first kappa shape index (κ1) is 19.7. The van der Waals surface area contributed by atoms with Gasteiger partial charge < -0.3 is 0 Å². The van der Waals surface area contributed by atoms with Crippen molar-refractivity contribution in [3.8, 4) is 6.07 Å². The highest BCUT2D eigenvalue weighted by atomic mass is 35.5. The monoisotopic (exact) mass is 457 g/mol. The lowest BCUT2D eigenvalue weighted by Gasteiger charge is -2.14. The predicted octanol–water partition coefficient (Wildman–Crippen LogP) is 7.67. The van der Waals surface area contributed by atoms with Crippen LogP contribution in [0.2, 0.25) is 35.3 Å². The zero-order valence-corrected chi connectivity index (χ0v) is 16.5. The van der Waals surface area contributed by atoms with E-state index in [1.807, 2.05) is 6.07 Å². The summed E-state index contributed by atoms with van der Waals surface area (Å²) in [7, 11) is 0. The van der Waals surface area contributed by atoms with Crippen LogP contribution in [0.4, 0.5) is 5.69 Å². The highest BCUT2D eigenvalue weighted by Crippen LogP contribution is 2.45. The third kappa shape index (κ3) is 3.36. The summed E-state index contributed by atoms with van der Waals surface area (Å²) < 4.78 is 0. The quantitative estimate of drug-likeness (QED) is 0.262. The summed E-state index contributed by atoms with van der Waals surface area (Å²) in [6.45, 7) is 7.10. The first-order valence-corrected chi connectivity index (χ1v) is 8.54. The van der Waals surface area contributed by atoms with E-state index in [-0.39, 0.29) is 64.2 Å². The molecule has 122 valence electrons. The van der Waals surface area contributed by atoms with Gasteiger partial charge in [0.05, 0.1) is 54.0 Å². The van der Waals surface area contributed by atoms with Crippen molar-refractivity contribution in [3.63, 3.8) is 0 Å². The first-order chi connectivity index (χ1) is 11.2. The summed E-state index contributed by atoms with van der Waals surface area (Å²) in [6, 6.07) is 1.91. The number of nitrogens with zero attached hydrogens (tertiary/aromatic N) is 3. The van der Waals surface area contributed by atoms with Crippen LogP contribution >= 0.6 is 81.2 Å². The molecule has 2 aromatic rings. The molecule has 2 rings (SSSR count). The van der Waals surface area contributed by atoms with Crippen LogP contribution in [0.25, 0.3) is 4.85 Å². The van der Waals surface area contributed by atoms with Crippen molar-refractivity contribution in [3.05, 3.63) is 63.5 Å². The Balaban J connectivity index is 2.73. The molecule has 24 heavy (non-hydrogen) atoms. The van der Waals surface area contributed by atoms with Crippen molar-refractivity contribution < 1.29 is 0 Å². The molecule has 0 radical (unpaired) electrons. The fraction of sp³-hybridized carbons (Fsp3) is 0.0714. The molecular weight excluding hydrogens is 458 g/mol. The molecule has 0 spiro atoms. The lowest BCUT2D eigenvalue weighted by Crippen LogP contribution is -2.01. The summed E-state index contributed by atoms with van der Waals surface area (Å²) in [4.78, 5) is 7.24. The maximum absolute atomic E-state index is 9.37. The molecule has 0 unspecified atom stereocenters. The van der Waals surface area contributed by atoms with E-state index in [1.165, 1.54) is 0 Å². The van der Waals surface area contributed by atoms with Gasteiger partial charge in [0.2, 0.25) is 5.69 Å². The zero-order chi connectivity index (χ0) is 18.2. The highest BCUT2D eigenvalue weighted by Gasteiger charge is 2.24. The van der Waals surface area contributed by atoms with Crippen molar-refractivity contribution in [1.29, 1.82) is 5.26 Å². The molecule has 0 amide bonds. The number of hydrogen-bond donors (Lipinski definition) is 0. The average Bonchev–Trinajstić information content (AvgIpc) is 2.56. The average molecular weight is 460 g/mol. The van der Waals surface area contributed by atoms with E-state index in [1.54, 1.807) is 0 Å². The van der Waals surface area contributed by atoms with Crippen LogP contribution in [0, 0.1) is 17.9 Å². The summed E-state index contributed by atoms with van der Waals surface area (Å²) >= 11 is 42.2. The van der Waals surface area contributed by atoms with Gasteiger partial charge >= 0.3 is 0 Å². The predicted molar refractivity (Wildman–Crippen MR) is 99.5 cm³/mol. The molecule has 0 aliphatic rings. The number of hydrogen-bond acceptors (Lipinski definition) is 2. The molecule has 0 bridgehead atoms. The molecule has 0 N–H and O–H groups in total. The van der Waals surface area contributed by atoms with Crippen LogP contribution in [0.15, 0.2) is 0 Å². The summed E-state index contributed by atoms with van der Waals surface area (Å²) in [5, 5.41) is 9.26. The van der Waals surface area contributed by atoms with Gasteiger partial charge in [-0.25, -0.2) is 9.83 Å².